The summed E-state index contributed by atoms with van der Waals surface area (Å²) in [5, 5.41) is 0.675. The molecule has 0 aliphatic carbocycles. The van der Waals surface area contributed by atoms with Gasteiger partial charge in [0, 0.05) is 24.7 Å². The third-order valence-corrected chi connectivity index (χ3v) is 8.11. The predicted molar refractivity (Wildman–Crippen MR) is 122 cm³/mol. The van der Waals surface area contributed by atoms with Crippen LogP contribution < -0.4 is 0 Å². The van der Waals surface area contributed by atoms with Gasteiger partial charge in [0.15, 0.2) is 0 Å². The molecule has 168 valence electrons. The molecule has 1 aromatic heterocycles. The Kier molecular flexibility index (Phi) is 6.11. The topological polar surface area (TPSA) is 85.7 Å². The second-order valence-electron chi connectivity index (χ2n) is 7.95. The van der Waals surface area contributed by atoms with Crippen molar-refractivity contribution in [2.45, 2.75) is 24.7 Å². The molecule has 0 bridgehead atoms. The summed E-state index contributed by atoms with van der Waals surface area (Å²) in [5.41, 5.74) is 0.765. The zero-order valence-electron chi connectivity index (χ0n) is 17.7. The Labute approximate surface area is 191 Å². The summed E-state index contributed by atoms with van der Waals surface area (Å²) in [4.78, 5) is 25.6. The minimum atomic E-state index is -3.76. The number of hydrogen-bond donors (Lipinski definition) is 0. The molecule has 9 heteroatoms. The Balaban J connectivity index is 1.77. The molecule has 0 saturated carbocycles. The van der Waals surface area contributed by atoms with Crippen molar-refractivity contribution in [3.8, 4) is 0 Å². The van der Waals surface area contributed by atoms with Crippen LogP contribution in [0.4, 0.5) is 0 Å². The standard InChI is InChI=1S/C23H23ClN2O5S/c1-15-9-11-25(12-10-15)32(29,30)16-7-8-20(24)18(13-16)22(27)26-14-19(23(28)31-2)17-5-3-4-6-21(17)26/h3-8,13-15H,9-12H2,1-2H3. The van der Waals surface area contributed by atoms with Crippen LogP contribution in [0.5, 0.6) is 0 Å². The van der Waals surface area contributed by atoms with E-state index in [1.807, 2.05) is 0 Å². The van der Waals surface area contributed by atoms with Crippen molar-refractivity contribution in [1.82, 2.24) is 8.87 Å². The van der Waals surface area contributed by atoms with E-state index in [-0.39, 0.29) is 21.0 Å². The van der Waals surface area contributed by atoms with Crippen LogP contribution in [0.3, 0.4) is 0 Å². The summed E-state index contributed by atoms with van der Waals surface area (Å²) < 4.78 is 33.9. The lowest BCUT2D eigenvalue weighted by atomic mass is 10.0. The van der Waals surface area contributed by atoms with Crippen molar-refractivity contribution in [3.05, 3.63) is 64.8 Å². The maximum absolute atomic E-state index is 13.4. The summed E-state index contributed by atoms with van der Waals surface area (Å²) >= 11 is 6.31. The number of halogens is 1. The number of carbonyl (C=O) groups excluding carboxylic acids is 2. The minimum Gasteiger partial charge on any atom is -0.465 e. The largest absolute Gasteiger partial charge is 0.465 e. The number of hydrogen-bond acceptors (Lipinski definition) is 5. The van der Waals surface area contributed by atoms with Crippen LogP contribution in [0.25, 0.3) is 10.9 Å². The van der Waals surface area contributed by atoms with Gasteiger partial charge in [-0.05, 0) is 43.0 Å². The van der Waals surface area contributed by atoms with Gasteiger partial charge in [0.1, 0.15) is 0 Å². The lowest BCUT2D eigenvalue weighted by Crippen LogP contribution is -2.37. The molecule has 4 rings (SSSR count). The molecule has 0 radical (unpaired) electrons. The van der Waals surface area contributed by atoms with E-state index >= 15 is 0 Å². The van der Waals surface area contributed by atoms with Crippen molar-refractivity contribution in [2.75, 3.05) is 20.2 Å². The highest BCUT2D eigenvalue weighted by atomic mass is 35.5. The van der Waals surface area contributed by atoms with Crippen LogP contribution in [0.1, 0.15) is 40.5 Å². The number of para-hydroxylation sites is 1. The molecule has 3 aromatic rings. The van der Waals surface area contributed by atoms with Gasteiger partial charge in [0.2, 0.25) is 10.0 Å². The van der Waals surface area contributed by atoms with Crippen LogP contribution >= 0.6 is 11.6 Å². The molecule has 0 N–H and O–H groups in total. The fourth-order valence-electron chi connectivity index (χ4n) is 3.95. The minimum absolute atomic E-state index is 0.0180. The summed E-state index contributed by atoms with van der Waals surface area (Å²) in [6.45, 7) is 2.99. The Morgan fingerprint density at radius 1 is 1.06 bits per heavy atom. The van der Waals surface area contributed by atoms with Gasteiger partial charge in [-0.3, -0.25) is 9.36 Å². The number of esters is 1. The van der Waals surface area contributed by atoms with E-state index in [2.05, 4.69) is 6.92 Å². The summed E-state index contributed by atoms with van der Waals surface area (Å²) in [6.07, 6.45) is 2.98. The molecule has 7 nitrogen and oxygen atoms in total. The number of methoxy groups -OCH3 is 1. The molecule has 32 heavy (non-hydrogen) atoms. The summed E-state index contributed by atoms with van der Waals surface area (Å²) in [6, 6.07) is 11.1. The molecule has 0 unspecified atom stereocenters. The van der Waals surface area contributed by atoms with E-state index < -0.39 is 21.9 Å². The number of ether oxygens (including phenoxy) is 1. The van der Waals surface area contributed by atoms with Gasteiger partial charge >= 0.3 is 5.97 Å². The van der Waals surface area contributed by atoms with E-state index in [9.17, 15) is 18.0 Å². The molecule has 1 fully saturated rings. The Bertz CT molecular complexity index is 1310. The first-order valence-electron chi connectivity index (χ1n) is 10.3. The SMILES string of the molecule is COC(=O)c1cn(C(=O)c2cc(S(=O)(=O)N3CCC(C)CC3)ccc2Cl)c2ccccc12. The molecular weight excluding hydrogens is 452 g/mol. The van der Waals surface area contributed by atoms with Crippen LogP contribution in [-0.4, -0.2) is 49.4 Å². The van der Waals surface area contributed by atoms with E-state index in [0.29, 0.717) is 29.9 Å². The van der Waals surface area contributed by atoms with Crippen LogP contribution in [0.15, 0.2) is 53.6 Å². The van der Waals surface area contributed by atoms with Gasteiger partial charge in [-0.15, -0.1) is 0 Å². The van der Waals surface area contributed by atoms with Gasteiger partial charge in [-0.2, -0.15) is 4.31 Å². The highest BCUT2D eigenvalue weighted by molar-refractivity contribution is 7.89. The van der Waals surface area contributed by atoms with E-state index in [4.69, 9.17) is 16.3 Å². The maximum Gasteiger partial charge on any atom is 0.340 e. The summed E-state index contributed by atoms with van der Waals surface area (Å²) in [5.74, 6) is -0.630. The predicted octanol–water partition coefficient (Wildman–Crippen LogP) is 4.19. The lowest BCUT2D eigenvalue weighted by molar-refractivity contribution is 0.0603. The van der Waals surface area contributed by atoms with Crippen molar-refractivity contribution < 1.29 is 22.7 Å². The highest BCUT2D eigenvalue weighted by Gasteiger charge is 2.29. The molecule has 0 atom stereocenters. The first-order chi connectivity index (χ1) is 15.2. The van der Waals surface area contributed by atoms with Crippen molar-refractivity contribution >= 4 is 44.4 Å². The lowest BCUT2D eigenvalue weighted by Gasteiger charge is -2.29. The fourth-order valence-corrected chi connectivity index (χ4v) is 5.65. The number of fused-ring (bicyclic) bond motifs is 1. The Hall–Kier alpha value is -2.68. The number of rotatable bonds is 4. The molecular formula is C23H23ClN2O5S. The first-order valence-corrected chi connectivity index (χ1v) is 12.1. The normalized spacial score (nSPS) is 15.7. The molecule has 1 aliphatic rings. The third kappa shape index (κ3) is 3.94. The average Bonchev–Trinajstić information content (AvgIpc) is 3.18. The number of carbonyl (C=O) groups is 2. The second-order valence-corrected chi connectivity index (χ2v) is 10.3. The van der Waals surface area contributed by atoms with Crippen molar-refractivity contribution in [3.63, 3.8) is 0 Å². The average molecular weight is 475 g/mol. The first kappa shape index (κ1) is 22.5. The van der Waals surface area contributed by atoms with Gasteiger partial charge in [-0.25, -0.2) is 13.2 Å². The number of piperidine rings is 1. The van der Waals surface area contributed by atoms with Crippen LogP contribution in [0.2, 0.25) is 5.02 Å². The number of benzene rings is 2. The number of aromatic nitrogens is 1. The fraction of sp³-hybridized carbons (Fsp3) is 0.304. The Morgan fingerprint density at radius 2 is 1.75 bits per heavy atom. The monoisotopic (exact) mass is 474 g/mol. The smallest absolute Gasteiger partial charge is 0.340 e. The zero-order valence-corrected chi connectivity index (χ0v) is 19.3. The molecule has 1 saturated heterocycles. The molecule has 2 aromatic carbocycles. The second kappa shape index (κ2) is 8.69. The molecule has 1 aliphatic heterocycles. The molecule has 2 heterocycles. The summed E-state index contributed by atoms with van der Waals surface area (Å²) in [7, 11) is -2.49. The van der Waals surface area contributed by atoms with Gasteiger partial charge < -0.3 is 4.74 Å². The van der Waals surface area contributed by atoms with Crippen LogP contribution in [-0.2, 0) is 14.8 Å². The molecule has 0 amide bonds. The van der Waals surface area contributed by atoms with E-state index in [1.165, 1.54) is 40.4 Å². The highest BCUT2D eigenvalue weighted by Crippen LogP contribution is 2.29. The number of sulfonamides is 1. The van der Waals surface area contributed by atoms with Crippen molar-refractivity contribution in [2.24, 2.45) is 5.92 Å². The van der Waals surface area contributed by atoms with Crippen LogP contribution in [0, 0.1) is 5.92 Å². The zero-order chi connectivity index (χ0) is 23.0. The van der Waals surface area contributed by atoms with Gasteiger partial charge in [0.25, 0.3) is 5.91 Å². The maximum atomic E-state index is 13.4. The van der Waals surface area contributed by atoms with Gasteiger partial charge in [-0.1, -0.05) is 36.7 Å². The molecule has 0 spiro atoms. The van der Waals surface area contributed by atoms with E-state index in [0.717, 1.165) is 12.8 Å². The third-order valence-electron chi connectivity index (χ3n) is 5.88. The Morgan fingerprint density at radius 3 is 2.44 bits per heavy atom. The van der Waals surface area contributed by atoms with E-state index in [1.54, 1.807) is 24.3 Å². The van der Waals surface area contributed by atoms with Crippen molar-refractivity contribution in [1.29, 1.82) is 0 Å². The van der Waals surface area contributed by atoms with Gasteiger partial charge in [0.05, 0.1) is 33.7 Å². The quantitative estimate of drug-likeness (QED) is 0.529. The number of nitrogens with zero attached hydrogens (tertiary/aromatic N) is 2.